The molecule has 2 aromatic rings. The minimum Gasteiger partial charge on any atom is -0.319 e. The van der Waals surface area contributed by atoms with Gasteiger partial charge in [0.2, 0.25) is 0 Å². The van der Waals surface area contributed by atoms with Crippen molar-refractivity contribution in [2.45, 2.75) is 19.4 Å². The van der Waals surface area contributed by atoms with Gasteiger partial charge in [-0.25, -0.2) is 0 Å². The van der Waals surface area contributed by atoms with Gasteiger partial charge in [0.05, 0.1) is 22.5 Å². The zero-order chi connectivity index (χ0) is 14.1. The SMILES string of the molecule is O=C(Nc1cnn(CC2CC2)c1)c1ccc(Cl)cc1Cl. The lowest BCUT2D eigenvalue weighted by molar-refractivity contribution is 0.102. The highest BCUT2D eigenvalue weighted by atomic mass is 35.5. The molecule has 1 aromatic heterocycles. The van der Waals surface area contributed by atoms with Crippen LogP contribution in [0.3, 0.4) is 0 Å². The zero-order valence-corrected chi connectivity index (χ0v) is 12.2. The fraction of sp³-hybridized carbons (Fsp3) is 0.286. The number of hydrogen-bond acceptors (Lipinski definition) is 2. The van der Waals surface area contributed by atoms with Gasteiger partial charge in [0, 0.05) is 17.8 Å². The molecule has 1 aromatic carbocycles. The van der Waals surface area contributed by atoms with Crippen LogP contribution < -0.4 is 5.32 Å². The van der Waals surface area contributed by atoms with Crippen LogP contribution in [0.15, 0.2) is 30.6 Å². The highest BCUT2D eigenvalue weighted by molar-refractivity contribution is 6.37. The van der Waals surface area contributed by atoms with Gasteiger partial charge in [0.1, 0.15) is 0 Å². The lowest BCUT2D eigenvalue weighted by Crippen LogP contribution is -2.12. The lowest BCUT2D eigenvalue weighted by Gasteiger charge is -2.05. The van der Waals surface area contributed by atoms with E-state index in [2.05, 4.69) is 10.4 Å². The van der Waals surface area contributed by atoms with Gasteiger partial charge in [-0.1, -0.05) is 23.2 Å². The minimum absolute atomic E-state index is 0.266. The standard InChI is InChI=1S/C14H13Cl2N3O/c15-10-3-4-12(13(16)5-10)14(20)18-11-6-17-19(8-11)7-9-1-2-9/h3-6,8-9H,1-2,7H2,(H,18,20). The van der Waals surface area contributed by atoms with Gasteiger partial charge in [-0.15, -0.1) is 0 Å². The first-order valence-corrected chi connectivity index (χ1v) is 7.16. The number of benzene rings is 1. The Morgan fingerprint density at radius 3 is 2.90 bits per heavy atom. The van der Waals surface area contributed by atoms with Gasteiger partial charge in [-0.05, 0) is 37.0 Å². The molecule has 0 radical (unpaired) electrons. The summed E-state index contributed by atoms with van der Waals surface area (Å²) in [5, 5.41) is 7.85. The Labute approximate surface area is 126 Å². The summed E-state index contributed by atoms with van der Waals surface area (Å²) in [6.07, 6.45) is 6.01. The van der Waals surface area contributed by atoms with Gasteiger partial charge in [0.25, 0.3) is 5.91 Å². The predicted molar refractivity (Wildman–Crippen MR) is 79.4 cm³/mol. The maximum Gasteiger partial charge on any atom is 0.257 e. The largest absolute Gasteiger partial charge is 0.319 e. The molecule has 1 fully saturated rings. The molecule has 0 bridgehead atoms. The summed E-state index contributed by atoms with van der Waals surface area (Å²) < 4.78 is 1.86. The highest BCUT2D eigenvalue weighted by Crippen LogP contribution is 2.30. The summed E-state index contributed by atoms with van der Waals surface area (Å²) in [4.78, 5) is 12.1. The van der Waals surface area contributed by atoms with Crippen molar-refractivity contribution >= 4 is 34.8 Å². The van der Waals surface area contributed by atoms with Crippen molar-refractivity contribution in [3.8, 4) is 0 Å². The zero-order valence-electron chi connectivity index (χ0n) is 10.6. The second kappa shape index (κ2) is 5.46. The second-order valence-corrected chi connectivity index (χ2v) is 5.82. The fourth-order valence-electron chi connectivity index (χ4n) is 1.96. The first-order chi connectivity index (χ1) is 9.61. The summed E-state index contributed by atoms with van der Waals surface area (Å²) in [5.74, 6) is 0.474. The smallest absolute Gasteiger partial charge is 0.257 e. The monoisotopic (exact) mass is 309 g/mol. The molecule has 104 valence electrons. The van der Waals surface area contributed by atoms with Gasteiger partial charge in [-0.3, -0.25) is 9.48 Å². The fourth-order valence-corrected chi connectivity index (χ4v) is 2.46. The maximum atomic E-state index is 12.1. The van der Waals surface area contributed by atoms with E-state index in [1.807, 2.05) is 10.9 Å². The van der Waals surface area contributed by atoms with E-state index >= 15 is 0 Å². The van der Waals surface area contributed by atoms with Crippen LogP contribution in [0.1, 0.15) is 23.2 Å². The van der Waals surface area contributed by atoms with Crippen LogP contribution in [-0.2, 0) is 6.54 Å². The molecule has 0 unspecified atom stereocenters. The first kappa shape index (κ1) is 13.5. The minimum atomic E-state index is -0.266. The second-order valence-electron chi connectivity index (χ2n) is 4.97. The normalized spacial score (nSPS) is 14.3. The van der Waals surface area contributed by atoms with E-state index in [1.165, 1.54) is 12.8 Å². The molecule has 1 saturated carbocycles. The van der Waals surface area contributed by atoms with Gasteiger partial charge in [-0.2, -0.15) is 5.10 Å². The van der Waals surface area contributed by atoms with E-state index in [4.69, 9.17) is 23.2 Å². The van der Waals surface area contributed by atoms with Crippen molar-refractivity contribution in [2.75, 3.05) is 5.32 Å². The predicted octanol–water partition coefficient (Wildman–Crippen LogP) is 3.85. The Hall–Kier alpha value is -1.52. The molecule has 1 heterocycles. The molecule has 0 spiro atoms. The van der Waals surface area contributed by atoms with E-state index < -0.39 is 0 Å². The van der Waals surface area contributed by atoms with Crippen LogP contribution >= 0.6 is 23.2 Å². The van der Waals surface area contributed by atoms with E-state index in [0.717, 1.165) is 12.5 Å². The Balaban J connectivity index is 1.69. The van der Waals surface area contributed by atoms with Crippen LogP contribution in [0.4, 0.5) is 5.69 Å². The molecule has 0 atom stereocenters. The number of nitrogens with one attached hydrogen (secondary N) is 1. The molecule has 0 aliphatic heterocycles. The van der Waals surface area contributed by atoms with Gasteiger partial charge in [0.15, 0.2) is 0 Å². The number of halogens is 2. The summed E-state index contributed by atoms with van der Waals surface area (Å²) >= 11 is 11.8. The number of carbonyl (C=O) groups is 1. The molecule has 6 heteroatoms. The quantitative estimate of drug-likeness (QED) is 0.932. The number of amides is 1. The molecular weight excluding hydrogens is 297 g/mol. The molecule has 1 aliphatic rings. The van der Waals surface area contributed by atoms with Crippen LogP contribution in [-0.4, -0.2) is 15.7 Å². The molecule has 20 heavy (non-hydrogen) atoms. The van der Waals surface area contributed by atoms with Crippen molar-refractivity contribution in [3.63, 3.8) is 0 Å². The highest BCUT2D eigenvalue weighted by Gasteiger charge is 2.22. The molecule has 1 amide bonds. The lowest BCUT2D eigenvalue weighted by atomic mass is 10.2. The number of carbonyl (C=O) groups excluding carboxylic acids is 1. The summed E-state index contributed by atoms with van der Waals surface area (Å²) in [5.41, 5.74) is 1.06. The third-order valence-electron chi connectivity index (χ3n) is 3.21. The number of anilines is 1. The molecular formula is C14H13Cl2N3O. The molecule has 0 saturated heterocycles. The summed E-state index contributed by atoms with van der Waals surface area (Å²) in [7, 11) is 0. The van der Waals surface area contributed by atoms with Gasteiger partial charge >= 0.3 is 0 Å². The van der Waals surface area contributed by atoms with Crippen LogP contribution in [0, 0.1) is 5.92 Å². The van der Waals surface area contributed by atoms with Crippen molar-refractivity contribution in [1.82, 2.24) is 9.78 Å². The average Bonchev–Trinajstić information content (AvgIpc) is 3.09. The van der Waals surface area contributed by atoms with E-state index in [9.17, 15) is 4.79 Å². The maximum absolute atomic E-state index is 12.1. The third kappa shape index (κ3) is 3.14. The van der Waals surface area contributed by atoms with Crippen LogP contribution in [0.25, 0.3) is 0 Å². The van der Waals surface area contributed by atoms with E-state index in [1.54, 1.807) is 24.4 Å². The van der Waals surface area contributed by atoms with Crippen molar-refractivity contribution in [1.29, 1.82) is 0 Å². The number of hydrogen-bond donors (Lipinski definition) is 1. The molecule has 4 nitrogen and oxygen atoms in total. The van der Waals surface area contributed by atoms with Crippen molar-refractivity contribution in [3.05, 3.63) is 46.2 Å². The molecule has 3 rings (SSSR count). The van der Waals surface area contributed by atoms with Crippen molar-refractivity contribution < 1.29 is 4.79 Å². The Kier molecular flexibility index (Phi) is 3.68. The van der Waals surface area contributed by atoms with Crippen LogP contribution in [0.5, 0.6) is 0 Å². The Bertz CT molecular complexity index is 650. The van der Waals surface area contributed by atoms with Crippen molar-refractivity contribution in [2.24, 2.45) is 5.92 Å². The third-order valence-corrected chi connectivity index (χ3v) is 3.76. The number of nitrogens with zero attached hydrogens (tertiary/aromatic N) is 2. The van der Waals surface area contributed by atoms with E-state index in [-0.39, 0.29) is 5.91 Å². The summed E-state index contributed by atoms with van der Waals surface area (Å²) in [6, 6.07) is 4.79. The Morgan fingerprint density at radius 2 is 2.20 bits per heavy atom. The summed E-state index contributed by atoms with van der Waals surface area (Å²) in [6.45, 7) is 0.914. The topological polar surface area (TPSA) is 46.9 Å². The molecule has 1 N–H and O–H groups in total. The molecule has 1 aliphatic carbocycles. The van der Waals surface area contributed by atoms with Gasteiger partial charge < -0.3 is 5.32 Å². The average molecular weight is 310 g/mol. The Morgan fingerprint density at radius 1 is 1.40 bits per heavy atom. The number of rotatable bonds is 4. The van der Waals surface area contributed by atoms with Crippen LogP contribution in [0.2, 0.25) is 10.0 Å². The first-order valence-electron chi connectivity index (χ1n) is 6.40. The number of aromatic nitrogens is 2. The van der Waals surface area contributed by atoms with E-state index in [0.29, 0.717) is 21.3 Å².